The summed E-state index contributed by atoms with van der Waals surface area (Å²) in [6.07, 6.45) is 2.81. The van der Waals surface area contributed by atoms with Gasteiger partial charge in [0.1, 0.15) is 11.3 Å². The topological polar surface area (TPSA) is 39.2 Å². The Morgan fingerprint density at radius 1 is 1.47 bits per heavy atom. The van der Waals surface area contributed by atoms with Crippen LogP contribution < -0.4 is 0 Å². The average molecular weight is 259 g/mol. The van der Waals surface area contributed by atoms with E-state index in [2.05, 4.69) is 4.98 Å². The summed E-state index contributed by atoms with van der Waals surface area (Å²) in [5, 5.41) is 0.772. The van der Waals surface area contributed by atoms with Crippen molar-refractivity contribution in [3.05, 3.63) is 47.4 Å². The van der Waals surface area contributed by atoms with Gasteiger partial charge in [0.2, 0.25) is 0 Å². The average Bonchev–Trinajstić information content (AvgIpc) is 2.38. The number of carbonyl (C=O) groups excluding carboxylic acids is 1. The van der Waals surface area contributed by atoms with E-state index in [9.17, 15) is 9.18 Å². The summed E-state index contributed by atoms with van der Waals surface area (Å²) in [7, 11) is 0. The minimum absolute atomic E-state index is 0.311. The standard InChI is InChI=1S/C15H14FNO2/c1-3-19-14(18)8-7-11-9-10(2)12-5-4-6-13(16)15(12)17-11/h4-9H,3H2,1-2H3/b8-7+. The summed E-state index contributed by atoms with van der Waals surface area (Å²) in [6.45, 7) is 3.94. The van der Waals surface area contributed by atoms with Gasteiger partial charge in [0.25, 0.3) is 0 Å². The number of esters is 1. The Morgan fingerprint density at radius 2 is 2.26 bits per heavy atom. The number of aromatic nitrogens is 1. The first-order chi connectivity index (χ1) is 9.11. The van der Waals surface area contributed by atoms with Crippen molar-refractivity contribution < 1.29 is 13.9 Å². The molecule has 1 aromatic heterocycles. The van der Waals surface area contributed by atoms with E-state index in [-0.39, 0.29) is 5.82 Å². The van der Waals surface area contributed by atoms with Crippen LogP contribution in [0.2, 0.25) is 0 Å². The van der Waals surface area contributed by atoms with Gasteiger partial charge in [-0.05, 0) is 37.6 Å². The molecule has 0 radical (unpaired) electrons. The maximum absolute atomic E-state index is 13.7. The first-order valence-electron chi connectivity index (χ1n) is 6.02. The fourth-order valence-electron chi connectivity index (χ4n) is 1.84. The molecule has 2 aromatic rings. The Bertz CT molecular complexity index is 650. The quantitative estimate of drug-likeness (QED) is 0.627. The molecule has 0 unspecified atom stereocenters. The van der Waals surface area contributed by atoms with Crippen molar-refractivity contribution in [3.8, 4) is 0 Å². The number of nitrogens with zero attached hydrogens (tertiary/aromatic N) is 1. The van der Waals surface area contributed by atoms with Crippen LogP contribution >= 0.6 is 0 Å². The predicted molar refractivity (Wildman–Crippen MR) is 72.1 cm³/mol. The lowest BCUT2D eigenvalue weighted by molar-refractivity contribution is -0.137. The number of hydrogen-bond acceptors (Lipinski definition) is 3. The van der Waals surface area contributed by atoms with Crippen LogP contribution in [0, 0.1) is 12.7 Å². The maximum Gasteiger partial charge on any atom is 0.330 e. The fourth-order valence-corrected chi connectivity index (χ4v) is 1.84. The summed E-state index contributed by atoms with van der Waals surface area (Å²) in [4.78, 5) is 15.4. The van der Waals surface area contributed by atoms with Crippen LogP contribution in [0.3, 0.4) is 0 Å². The first-order valence-corrected chi connectivity index (χ1v) is 6.02. The summed E-state index contributed by atoms with van der Waals surface area (Å²) in [5.41, 5.74) is 1.75. The van der Waals surface area contributed by atoms with Crippen LogP contribution in [0.4, 0.5) is 4.39 Å². The molecular formula is C15H14FNO2. The van der Waals surface area contributed by atoms with Crippen LogP contribution in [0.1, 0.15) is 18.2 Å². The molecule has 3 nitrogen and oxygen atoms in total. The molecule has 0 amide bonds. The second-order valence-electron chi connectivity index (χ2n) is 4.09. The maximum atomic E-state index is 13.7. The highest BCUT2D eigenvalue weighted by molar-refractivity contribution is 5.88. The van der Waals surface area contributed by atoms with Crippen LogP contribution in [0.25, 0.3) is 17.0 Å². The lowest BCUT2D eigenvalue weighted by Gasteiger charge is -2.04. The predicted octanol–water partition coefficient (Wildman–Crippen LogP) is 3.26. The van der Waals surface area contributed by atoms with Gasteiger partial charge in [-0.2, -0.15) is 0 Å². The summed E-state index contributed by atoms with van der Waals surface area (Å²) >= 11 is 0. The molecule has 0 saturated carbocycles. The molecule has 98 valence electrons. The van der Waals surface area contributed by atoms with Gasteiger partial charge in [0.05, 0.1) is 12.3 Å². The highest BCUT2D eigenvalue weighted by Gasteiger charge is 2.05. The van der Waals surface area contributed by atoms with E-state index >= 15 is 0 Å². The molecule has 0 saturated heterocycles. The number of aryl methyl sites for hydroxylation is 1. The number of halogens is 1. The number of benzene rings is 1. The third-order valence-corrected chi connectivity index (χ3v) is 2.69. The number of hydrogen-bond donors (Lipinski definition) is 0. The van der Waals surface area contributed by atoms with Crippen molar-refractivity contribution >= 4 is 22.9 Å². The molecule has 0 spiro atoms. The van der Waals surface area contributed by atoms with Gasteiger partial charge in [-0.1, -0.05) is 12.1 Å². The van der Waals surface area contributed by atoms with Crippen molar-refractivity contribution in [2.45, 2.75) is 13.8 Å². The molecular weight excluding hydrogens is 245 g/mol. The van der Waals surface area contributed by atoms with Crippen molar-refractivity contribution in [2.24, 2.45) is 0 Å². The van der Waals surface area contributed by atoms with Gasteiger partial charge in [0, 0.05) is 11.5 Å². The van der Waals surface area contributed by atoms with Gasteiger partial charge in [-0.25, -0.2) is 14.2 Å². The highest BCUT2D eigenvalue weighted by atomic mass is 19.1. The van der Waals surface area contributed by atoms with E-state index in [1.54, 1.807) is 19.1 Å². The molecule has 0 fully saturated rings. The van der Waals surface area contributed by atoms with Gasteiger partial charge < -0.3 is 4.74 Å². The molecule has 0 N–H and O–H groups in total. The van der Waals surface area contributed by atoms with E-state index in [0.29, 0.717) is 17.8 Å². The number of rotatable bonds is 3. The zero-order chi connectivity index (χ0) is 13.8. The van der Waals surface area contributed by atoms with Gasteiger partial charge in [0.15, 0.2) is 0 Å². The molecule has 1 aromatic carbocycles. The van der Waals surface area contributed by atoms with Crippen molar-refractivity contribution in [2.75, 3.05) is 6.61 Å². The lowest BCUT2D eigenvalue weighted by Crippen LogP contribution is -1.99. The number of para-hydroxylation sites is 1. The van der Waals surface area contributed by atoms with Crippen LogP contribution in [0.5, 0.6) is 0 Å². The molecule has 19 heavy (non-hydrogen) atoms. The zero-order valence-electron chi connectivity index (χ0n) is 10.8. The molecule has 0 bridgehead atoms. The Balaban J connectivity index is 2.40. The van der Waals surface area contributed by atoms with Crippen molar-refractivity contribution in [1.82, 2.24) is 4.98 Å². The zero-order valence-corrected chi connectivity index (χ0v) is 10.8. The minimum Gasteiger partial charge on any atom is -0.463 e. The van der Waals surface area contributed by atoms with Crippen molar-refractivity contribution in [1.29, 1.82) is 0 Å². The Kier molecular flexibility index (Phi) is 3.90. The number of carbonyl (C=O) groups is 1. The van der Waals surface area contributed by atoms with Gasteiger partial charge >= 0.3 is 5.97 Å². The second kappa shape index (κ2) is 5.61. The van der Waals surface area contributed by atoms with Crippen LogP contribution in [-0.4, -0.2) is 17.6 Å². The first kappa shape index (κ1) is 13.2. The number of ether oxygens (including phenoxy) is 1. The molecule has 0 aliphatic heterocycles. The lowest BCUT2D eigenvalue weighted by atomic mass is 10.1. The highest BCUT2D eigenvalue weighted by Crippen LogP contribution is 2.20. The summed E-state index contributed by atoms with van der Waals surface area (Å²) in [6, 6.07) is 6.64. The monoisotopic (exact) mass is 259 g/mol. The summed E-state index contributed by atoms with van der Waals surface area (Å²) < 4.78 is 18.5. The Hall–Kier alpha value is -2.23. The Morgan fingerprint density at radius 3 is 3.00 bits per heavy atom. The normalized spacial score (nSPS) is 11.1. The largest absolute Gasteiger partial charge is 0.463 e. The number of fused-ring (bicyclic) bond motifs is 1. The Labute approximate surface area is 110 Å². The van der Waals surface area contributed by atoms with Gasteiger partial charge in [-0.3, -0.25) is 0 Å². The van der Waals surface area contributed by atoms with E-state index in [1.165, 1.54) is 18.2 Å². The molecule has 0 aliphatic carbocycles. The molecule has 2 rings (SSSR count). The second-order valence-corrected chi connectivity index (χ2v) is 4.09. The smallest absolute Gasteiger partial charge is 0.330 e. The molecule has 0 atom stereocenters. The van der Waals surface area contributed by atoms with Crippen LogP contribution in [0.15, 0.2) is 30.3 Å². The molecule has 1 heterocycles. The molecule has 4 heteroatoms. The van der Waals surface area contributed by atoms with Gasteiger partial charge in [-0.15, -0.1) is 0 Å². The SMILES string of the molecule is CCOC(=O)/C=C/c1cc(C)c2cccc(F)c2n1. The van der Waals surface area contributed by atoms with E-state index < -0.39 is 5.97 Å². The third kappa shape index (κ3) is 2.96. The van der Waals surface area contributed by atoms with Crippen LogP contribution in [-0.2, 0) is 9.53 Å². The fraction of sp³-hybridized carbons (Fsp3) is 0.200. The summed E-state index contributed by atoms with van der Waals surface area (Å²) in [5.74, 6) is -0.803. The third-order valence-electron chi connectivity index (χ3n) is 2.69. The van der Waals surface area contributed by atoms with E-state index in [4.69, 9.17) is 4.74 Å². The number of pyridine rings is 1. The van der Waals surface area contributed by atoms with E-state index in [0.717, 1.165) is 10.9 Å². The molecule has 0 aliphatic rings. The minimum atomic E-state index is -0.435. The van der Waals surface area contributed by atoms with E-state index in [1.807, 2.05) is 13.0 Å². The van der Waals surface area contributed by atoms with Crippen molar-refractivity contribution in [3.63, 3.8) is 0 Å².